The first kappa shape index (κ1) is 17.5. The number of rotatable bonds is 4. The van der Waals surface area contributed by atoms with E-state index in [2.05, 4.69) is 25.1 Å². The first-order valence-corrected chi connectivity index (χ1v) is 9.33. The van der Waals surface area contributed by atoms with E-state index in [9.17, 15) is 4.79 Å². The van der Waals surface area contributed by atoms with Crippen molar-refractivity contribution in [1.29, 1.82) is 0 Å². The summed E-state index contributed by atoms with van der Waals surface area (Å²) >= 11 is 6.41. The van der Waals surface area contributed by atoms with E-state index >= 15 is 0 Å². The van der Waals surface area contributed by atoms with Crippen LogP contribution in [0.2, 0.25) is 0 Å². The van der Waals surface area contributed by atoms with Gasteiger partial charge in [0, 0.05) is 0 Å². The molecule has 0 unspecified atom stereocenters. The van der Waals surface area contributed by atoms with Gasteiger partial charge in [-0.3, -0.25) is 4.79 Å². The number of fused-ring (bicyclic) bond motifs is 1. The number of halogens is 1. The van der Waals surface area contributed by atoms with Gasteiger partial charge in [-0.1, -0.05) is 97.1 Å². The van der Waals surface area contributed by atoms with Crippen LogP contribution in [0.3, 0.4) is 0 Å². The molecule has 0 bridgehead atoms. The number of hydrogen-bond donors (Lipinski definition) is 0. The Balaban J connectivity index is 2.18. The quantitative estimate of drug-likeness (QED) is 0.306. The predicted molar refractivity (Wildman–Crippen MR) is 112 cm³/mol. The molecule has 4 rings (SSSR count). The third-order valence-electron chi connectivity index (χ3n) is 5.25. The molecule has 132 valence electrons. The Morgan fingerprint density at radius 3 is 1.67 bits per heavy atom. The highest BCUT2D eigenvalue weighted by molar-refractivity contribution is 6.66. The van der Waals surface area contributed by atoms with Gasteiger partial charge in [0.15, 0.2) is 0 Å². The zero-order chi connectivity index (χ0) is 18.9. The molecular formula is C25H19ClO. The van der Waals surface area contributed by atoms with Crippen molar-refractivity contribution in [3.8, 4) is 0 Å². The maximum Gasteiger partial charge on any atom is 0.241 e. The summed E-state index contributed by atoms with van der Waals surface area (Å²) in [6.45, 7) is 2.08. The Kier molecular flexibility index (Phi) is 4.55. The van der Waals surface area contributed by atoms with E-state index in [0.717, 1.165) is 27.5 Å². The lowest BCUT2D eigenvalue weighted by Crippen LogP contribution is -2.36. The van der Waals surface area contributed by atoms with Gasteiger partial charge in [0.25, 0.3) is 0 Å². The van der Waals surface area contributed by atoms with Crippen molar-refractivity contribution in [2.75, 3.05) is 0 Å². The first-order valence-electron chi connectivity index (χ1n) is 8.95. The molecule has 0 heterocycles. The minimum atomic E-state index is -1.07. The minimum Gasteiger partial charge on any atom is -0.280 e. The standard InChI is InChI=1S/C25H19ClO/c1-18-16-17-23(22-15-9-8-14-21(18)22)25(24(26)27,19-10-4-2-5-11-19)20-12-6-3-7-13-20/h2-17H,1H3. The summed E-state index contributed by atoms with van der Waals surface area (Å²) in [6, 6.07) is 31.9. The van der Waals surface area contributed by atoms with Gasteiger partial charge in [0.2, 0.25) is 5.24 Å². The molecule has 0 amide bonds. The highest BCUT2D eigenvalue weighted by Gasteiger charge is 2.43. The fourth-order valence-electron chi connectivity index (χ4n) is 3.96. The van der Waals surface area contributed by atoms with Crippen LogP contribution in [-0.2, 0) is 10.2 Å². The molecule has 0 fully saturated rings. The maximum atomic E-state index is 13.2. The average Bonchev–Trinajstić information content (AvgIpc) is 2.72. The lowest BCUT2D eigenvalue weighted by Gasteiger charge is -2.33. The highest BCUT2D eigenvalue weighted by Crippen LogP contribution is 2.44. The molecule has 4 aromatic rings. The van der Waals surface area contributed by atoms with Crippen LogP contribution in [0.25, 0.3) is 10.8 Å². The highest BCUT2D eigenvalue weighted by atomic mass is 35.5. The summed E-state index contributed by atoms with van der Waals surface area (Å²) in [5.41, 5.74) is 2.74. The predicted octanol–water partition coefficient (Wildman–Crippen LogP) is 6.25. The third kappa shape index (κ3) is 2.75. The summed E-state index contributed by atoms with van der Waals surface area (Å²) in [6.07, 6.45) is 0. The van der Waals surface area contributed by atoms with Crippen LogP contribution in [0.4, 0.5) is 0 Å². The second-order valence-electron chi connectivity index (χ2n) is 6.73. The Hall–Kier alpha value is -2.90. The van der Waals surface area contributed by atoms with Crippen LogP contribution >= 0.6 is 11.6 Å². The van der Waals surface area contributed by atoms with Crippen molar-refractivity contribution < 1.29 is 4.79 Å². The molecule has 4 aromatic carbocycles. The van der Waals surface area contributed by atoms with E-state index < -0.39 is 10.7 Å². The number of benzene rings is 4. The maximum absolute atomic E-state index is 13.2. The molecule has 0 saturated heterocycles. The average molecular weight is 371 g/mol. The Bertz CT molecular complexity index is 1060. The Morgan fingerprint density at radius 1 is 0.667 bits per heavy atom. The van der Waals surface area contributed by atoms with Crippen molar-refractivity contribution in [3.63, 3.8) is 0 Å². The minimum absolute atomic E-state index is 0.408. The van der Waals surface area contributed by atoms with Crippen LogP contribution in [0.5, 0.6) is 0 Å². The molecule has 0 aromatic heterocycles. The number of aryl methyl sites for hydroxylation is 1. The molecule has 0 aliphatic carbocycles. The van der Waals surface area contributed by atoms with Crippen LogP contribution in [-0.4, -0.2) is 5.24 Å². The summed E-state index contributed by atoms with van der Waals surface area (Å²) < 4.78 is 0. The molecule has 0 N–H and O–H groups in total. The second-order valence-corrected chi connectivity index (χ2v) is 7.07. The topological polar surface area (TPSA) is 17.1 Å². The molecule has 0 saturated carbocycles. The van der Waals surface area contributed by atoms with E-state index in [1.165, 1.54) is 5.56 Å². The second kappa shape index (κ2) is 7.02. The summed E-state index contributed by atoms with van der Waals surface area (Å²) in [5.74, 6) is 0. The zero-order valence-electron chi connectivity index (χ0n) is 15.0. The van der Waals surface area contributed by atoms with Gasteiger partial charge in [-0.15, -0.1) is 0 Å². The third-order valence-corrected chi connectivity index (χ3v) is 5.54. The number of carbonyl (C=O) groups excluding carboxylic acids is 1. The molecule has 1 nitrogen and oxygen atoms in total. The zero-order valence-corrected chi connectivity index (χ0v) is 15.8. The normalized spacial score (nSPS) is 11.5. The van der Waals surface area contributed by atoms with Gasteiger partial charge in [-0.2, -0.15) is 0 Å². The number of carbonyl (C=O) groups is 1. The van der Waals surface area contributed by atoms with Gasteiger partial charge in [0.1, 0.15) is 5.41 Å². The van der Waals surface area contributed by atoms with Crippen molar-refractivity contribution in [2.45, 2.75) is 12.3 Å². The Labute approximate surface area is 164 Å². The molecule has 27 heavy (non-hydrogen) atoms. The SMILES string of the molecule is Cc1ccc(C(C(=O)Cl)(c2ccccc2)c2ccccc2)c2ccccc12. The van der Waals surface area contributed by atoms with Crippen LogP contribution < -0.4 is 0 Å². The fraction of sp³-hybridized carbons (Fsp3) is 0.0800. The largest absolute Gasteiger partial charge is 0.280 e. The monoisotopic (exact) mass is 370 g/mol. The molecule has 0 radical (unpaired) electrons. The lowest BCUT2D eigenvalue weighted by atomic mass is 9.69. The van der Waals surface area contributed by atoms with Crippen LogP contribution in [0.1, 0.15) is 22.3 Å². The Morgan fingerprint density at radius 2 is 1.15 bits per heavy atom. The number of hydrogen-bond acceptors (Lipinski definition) is 1. The summed E-state index contributed by atoms with van der Waals surface area (Å²) in [7, 11) is 0. The molecule has 0 atom stereocenters. The molecular weight excluding hydrogens is 352 g/mol. The van der Waals surface area contributed by atoms with Crippen molar-refractivity contribution in [2.24, 2.45) is 0 Å². The summed E-state index contributed by atoms with van der Waals surface area (Å²) in [4.78, 5) is 13.2. The van der Waals surface area contributed by atoms with Crippen molar-refractivity contribution in [1.82, 2.24) is 0 Å². The smallest absolute Gasteiger partial charge is 0.241 e. The first-order chi connectivity index (χ1) is 13.2. The molecule has 2 heteroatoms. The molecule has 0 aliphatic rings. The van der Waals surface area contributed by atoms with E-state index in [0.29, 0.717) is 0 Å². The van der Waals surface area contributed by atoms with E-state index in [1.54, 1.807) is 0 Å². The molecule has 0 aliphatic heterocycles. The fourth-order valence-corrected chi connectivity index (χ4v) is 4.28. The van der Waals surface area contributed by atoms with Crippen LogP contribution in [0.15, 0.2) is 97.1 Å². The van der Waals surface area contributed by atoms with Gasteiger partial charge in [-0.05, 0) is 51.6 Å². The van der Waals surface area contributed by atoms with E-state index in [-0.39, 0.29) is 0 Å². The van der Waals surface area contributed by atoms with E-state index in [1.807, 2.05) is 78.9 Å². The van der Waals surface area contributed by atoms with Crippen LogP contribution in [0, 0.1) is 6.92 Å². The van der Waals surface area contributed by atoms with Crippen molar-refractivity contribution in [3.05, 3.63) is 119 Å². The van der Waals surface area contributed by atoms with Crippen molar-refractivity contribution >= 4 is 27.6 Å². The summed E-state index contributed by atoms with van der Waals surface area (Å²) in [5, 5.41) is 1.76. The van der Waals surface area contributed by atoms with Gasteiger partial charge in [-0.25, -0.2) is 0 Å². The van der Waals surface area contributed by atoms with E-state index in [4.69, 9.17) is 11.6 Å². The van der Waals surface area contributed by atoms with Gasteiger partial charge < -0.3 is 0 Å². The lowest BCUT2D eigenvalue weighted by molar-refractivity contribution is -0.114. The molecule has 0 spiro atoms. The van der Waals surface area contributed by atoms with Gasteiger partial charge in [0.05, 0.1) is 0 Å². The van der Waals surface area contributed by atoms with Gasteiger partial charge >= 0.3 is 0 Å².